The fraction of sp³-hybridized carbons (Fsp3) is 0.486. The molecule has 2 aromatic carbocycles. The van der Waals surface area contributed by atoms with Crippen LogP contribution in [0.25, 0.3) is 0 Å². The summed E-state index contributed by atoms with van der Waals surface area (Å²) >= 11 is 0. The molecule has 2 aromatic rings. The van der Waals surface area contributed by atoms with Crippen molar-refractivity contribution >= 4 is 29.1 Å². The van der Waals surface area contributed by atoms with Gasteiger partial charge in [-0.15, -0.1) is 13.2 Å². The lowest BCUT2D eigenvalue weighted by Gasteiger charge is -2.39. The largest absolute Gasteiger partial charge is 0.494 e. The van der Waals surface area contributed by atoms with E-state index in [4.69, 9.17) is 9.47 Å². The third-order valence-corrected chi connectivity index (χ3v) is 10.1. The van der Waals surface area contributed by atoms with E-state index in [1.807, 2.05) is 70.2 Å². The van der Waals surface area contributed by atoms with Crippen LogP contribution in [0.4, 0.5) is 11.4 Å². The molecular weight excluding hydrogens is 582 g/mol. The second-order valence-electron chi connectivity index (χ2n) is 12.8. The van der Waals surface area contributed by atoms with E-state index >= 15 is 0 Å². The van der Waals surface area contributed by atoms with Crippen LogP contribution in [-0.2, 0) is 19.1 Å². The van der Waals surface area contributed by atoms with Crippen molar-refractivity contribution in [3.63, 3.8) is 0 Å². The Balaban J connectivity index is 1.62. The zero-order valence-corrected chi connectivity index (χ0v) is 27.7. The van der Waals surface area contributed by atoms with Gasteiger partial charge in [0.05, 0.1) is 36.7 Å². The van der Waals surface area contributed by atoms with Gasteiger partial charge in [-0.2, -0.15) is 0 Å². The quantitative estimate of drug-likeness (QED) is 0.314. The number of rotatable bonds is 13. The van der Waals surface area contributed by atoms with E-state index in [1.165, 1.54) is 4.90 Å². The Kier molecular flexibility index (Phi) is 9.47. The summed E-state index contributed by atoms with van der Waals surface area (Å²) in [4.78, 5) is 49.2. The number of fused-ring (bicyclic) bond motifs is 1. The molecule has 3 aliphatic rings. The van der Waals surface area contributed by atoms with Crippen molar-refractivity contribution in [2.24, 2.45) is 11.8 Å². The standard InChI is InChI=1S/C37H47N3O6/c1-8-20-38(27-14-16-28(17-15-27)45-11-4)33(42)30-31-34(43)40(26(7)23-41)32(37(31)19-18-36(30,10-3)46-37)35(44)39(21-9-2)29-22-24(5)12-13-25(29)6/h8-9,12-17,22,26,30-32,41H,1-2,10-11,18-21,23H2,3-7H3/t26-,30+,31+,32?,36-,37?/m1/s1. The maximum atomic E-state index is 14.9. The highest BCUT2D eigenvalue weighted by Gasteiger charge is 2.79. The first kappa shape index (κ1) is 33.4. The molecule has 1 N–H and O–H groups in total. The number of anilines is 2. The molecule has 6 atom stereocenters. The Hall–Kier alpha value is -3.95. The average Bonchev–Trinajstić information content (AvgIpc) is 3.67. The summed E-state index contributed by atoms with van der Waals surface area (Å²) in [5.74, 6) is -1.91. The number of aryl methyl sites for hydroxylation is 2. The Morgan fingerprint density at radius 2 is 1.74 bits per heavy atom. The number of carbonyl (C=O) groups excluding carboxylic acids is 3. The number of benzene rings is 2. The predicted molar refractivity (Wildman–Crippen MR) is 179 cm³/mol. The van der Waals surface area contributed by atoms with Crippen molar-refractivity contribution in [2.45, 2.75) is 77.2 Å². The van der Waals surface area contributed by atoms with Crippen LogP contribution in [0.1, 0.15) is 51.2 Å². The number of aliphatic hydroxyl groups is 1. The van der Waals surface area contributed by atoms with Crippen LogP contribution in [0.3, 0.4) is 0 Å². The van der Waals surface area contributed by atoms with Gasteiger partial charge in [-0.3, -0.25) is 14.4 Å². The van der Waals surface area contributed by atoms with Crippen LogP contribution >= 0.6 is 0 Å². The molecule has 0 radical (unpaired) electrons. The number of nitrogens with zero attached hydrogens (tertiary/aromatic N) is 3. The van der Waals surface area contributed by atoms with Gasteiger partial charge in [0.2, 0.25) is 11.8 Å². The fourth-order valence-corrected chi connectivity index (χ4v) is 7.98. The third-order valence-electron chi connectivity index (χ3n) is 10.1. The first-order chi connectivity index (χ1) is 22.0. The molecule has 246 valence electrons. The highest BCUT2D eigenvalue weighted by atomic mass is 16.5. The third kappa shape index (κ3) is 5.23. The van der Waals surface area contributed by atoms with E-state index in [2.05, 4.69) is 13.2 Å². The lowest BCUT2D eigenvalue weighted by atomic mass is 9.64. The second-order valence-corrected chi connectivity index (χ2v) is 12.8. The van der Waals surface area contributed by atoms with E-state index in [1.54, 1.807) is 28.9 Å². The number of hydrogen-bond donors (Lipinski definition) is 1. The molecule has 3 heterocycles. The first-order valence-electron chi connectivity index (χ1n) is 16.3. The van der Waals surface area contributed by atoms with Crippen LogP contribution in [0, 0.1) is 25.7 Å². The summed E-state index contributed by atoms with van der Waals surface area (Å²) in [6, 6.07) is 11.5. The Morgan fingerprint density at radius 1 is 1.07 bits per heavy atom. The molecule has 9 heteroatoms. The minimum absolute atomic E-state index is 0.224. The van der Waals surface area contributed by atoms with Crippen LogP contribution in [0.5, 0.6) is 5.75 Å². The molecule has 3 amide bonds. The van der Waals surface area contributed by atoms with Crippen molar-refractivity contribution < 1.29 is 29.0 Å². The molecule has 9 nitrogen and oxygen atoms in total. The molecule has 0 aliphatic carbocycles. The Labute approximate surface area is 272 Å². The molecule has 3 aliphatic heterocycles. The minimum Gasteiger partial charge on any atom is -0.494 e. The van der Waals surface area contributed by atoms with Gasteiger partial charge in [0, 0.05) is 24.5 Å². The van der Waals surface area contributed by atoms with Crippen LogP contribution in [-0.4, -0.2) is 77.3 Å². The topological polar surface area (TPSA) is 99.6 Å². The molecule has 5 rings (SSSR count). The monoisotopic (exact) mass is 629 g/mol. The normalized spacial score (nSPS) is 26.9. The Morgan fingerprint density at radius 3 is 2.35 bits per heavy atom. The molecule has 2 unspecified atom stereocenters. The first-order valence-corrected chi connectivity index (χ1v) is 16.3. The SMILES string of the molecule is C=CCN(C(=O)[C@@H]1[C@H]2C(=O)N([C@H](C)CO)C(C(=O)N(CC=C)c3cc(C)ccc3C)C23CC[C@@]1(CC)O3)c1ccc(OCC)cc1. The van der Waals surface area contributed by atoms with Gasteiger partial charge in [0.25, 0.3) is 5.91 Å². The van der Waals surface area contributed by atoms with Gasteiger partial charge in [-0.25, -0.2) is 0 Å². The fourth-order valence-electron chi connectivity index (χ4n) is 7.98. The van der Waals surface area contributed by atoms with Crippen molar-refractivity contribution in [2.75, 3.05) is 36.1 Å². The molecule has 2 bridgehead atoms. The van der Waals surface area contributed by atoms with Crippen LogP contribution in [0.2, 0.25) is 0 Å². The van der Waals surface area contributed by atoms with E-state index < -0.39 is 35.1 Å². The van der Waals surface area contributed by atoms with E-state index in [0.29, 0.717) is 37.3 Å². The summed E-state index contributed by atoms with van der Waals surface area (Å²) in [5.41, 5.74) is 1.13. The van der Waals surface area contributed by atoms with Crippen LogP contribution < -0.4 is 14.5 Å². The van der Waals surface area contributed by atoms with Gasteiger partial charge in [-0.05, 0) is 88.4 Å². The number of hydrogen-bond acceptors (Lipinski definition) is 6. The van der Waals surface area contributed by atoms with Gasteiger partial charge in [-0.1, -0.05) is 31.2 Å². The molecule has 0 aromatic heterocycles. The lowest BCUT2D eigenvalue weighted by Crippen LogP contribution is -2.58. The number of likely N-dealkylation sites (tertiary alicyclic amines) is 1. The number of aliphatic hydroxyl groups excluding tert-OH is 1. The van der Waals surface area contributed by atoms with Crippen molar-refractivity contribution in [3.8, 4) is 5.75 Å². The van der Waals surface area contributed by atoms with E-state index in [-0.39, 0.29) is 37.4 Å². The van der Waals surface area contributed by atoms with Gasteiger partial charge in [0.15, 0.2) is 0 Å². The predicted octanol–water partition coefficient (Wildman–Crippen LogP) is 4.98. The molecule has 3 saturated heterocycles. The van der Waals surface area contributed by atoms with Gasteiger partial charge < -0.3 is 29.3 Å². The maximum Gasteiger partial charge on any atom is 0.253 e. The van der Waals surface area contributed by atoms with Crippen molar-refractivity contribution in [1.29, 1.82) is 0 Å². The van der Waals surface area contributed by atoms with E-state index in [0.717, 1.165) is 16.8 Å². The zero-order valence-electron chi connectivity index (χ0n) is 27.7. The van der Waals surface area contributed by atoms with Crippen LogP contribution in [0.15, 0.2) is 67.8 Å². The average molecular weight is 630 g/mol. The zero-order chi connectivity index (χ0) is 33.4. The van der Waals surface area contributed by atoms with Crippen molar-refractivity contribution in [1.82, 2.24) is 4.90 Å². The summed E-state index contributed by atoms with van der Waals surface area (Å²) in [5, 5.41) is 10.3. The summed E-state index contributed by atoms with van der Waals surface area (Å²) in [6.07, 6.45) is 4.82. The highest BCUT2D eigenvalue weighted by Crippen LogP contribution is 2.65. The number of amides is 3. The van der Waals surface area contributed by atoms with Crippen molar-refractivity contribution in [3.05, 3.63) is 78.9 Å². The summed E-state index contributed by atoms with van der Waals surface area (Å²) in [7, 11) is 0. The second kappa shape index (κ2) is 13.0. The summed E-state index contributed by atoms with van der Waals surface area (Å²) in [6.45, 7) is 18.0. The molecular formula is C37H47N3O6. The number of ether oxygens (including phenoxy) is 2. The molecule has 3 fully saturated rings. The van der Waals surface area contributed by atoms with Gasteiger partial charge >= 0.3 is 0 Å². The Bertz CT molecular complexity index is 1510. The maximum absolute atomic E-state index is 14.9. The molecule has 0 saturated carbocycles. The lowest BCUT2D eigenvalue weighted by molar-refractivity contribution is -0.149. The minimum atomic E-state index is -1.23. The number of carbonyl (C=O) groups is 3. The molecule has 46 heavy (non-hydrogen) atoms. The van der Waals surface area contributed by atoms with Gasteiger partial charge in [0.1, 0.15) is 17.4 Å². The molecule has 1 spiro atoms. The highest BCUT2D eigenvalue weighted by molar-refractivity contribution is 6.07. The van der Waals surface area contributed by atoms with E-state index in [9.17, 15) is 19.5 Å². The smallest absolute Gasteiger partial charge is 0.253 e. The summed E-state index contributed by atoms with van der Waals surface area (Å²) < 4.78 is 12.6.